The Balaban J connectivity index is 0.00000243. The Morgan fingerprint density at radius 2 is 0.692 bits per heavy atom. The highest BCUT2D eigenvalue weighted by molar-refractivity contribution is 5.78. The van der Waals surface area contributed by atoms with Gasteiger partial charge in [0.15, 0.2) is 0 Å². The third-order valence-corrected chi connectivity index (χ3v) is 4.24. The van der Waals surface area contributed by atoms with Gasteiger partial charge in [0.25, 0.3) is 0 Å². The topological polar surface area (TPSA) is 39.3 Å². The Labute approximate surface area is 156 Å². The lowest BCUT2D eigenvalue weighted by Gasteiger charge is -2.26. The van der Waals surface area contributed by atoms with E-state index in [1.807, 2.05) is 21.1 Å². The standard InChI is InChI=1S/C21H24N4.CH4/c1-22-16-4-10-19(11-5-16)25(20-12-6-17(23-2)7-13-20)21-14-8-18(24-3)9-15-21;/h4-15,22-24H,1-3H3;1H4. The Morgan fingerprint density at radius 3 is 0.885 bits per heavy atom. The molecule has 0 aliphatic heterocycles. The lowest BCUT2D eigenvalue weighted by Crippen LogP contribution is -2.10. The van der Waals surface area contributed by atoms with Gasteiger partial charge < -0.3 is 20.9 Å². The summed E-state index contributed by atoms with van der Waals surface area (Å²) in [4.78, 5) is 2.25. The number of anilines is 6. The third-order valence-electron chi connectivity index (χ3n) is 4.24. The molecule has 0 bridgehead atoms. The van der Waals surface area contributed by atoms with Gasteiger partial charge in [-0.1, -0.05) is 7.43 Å². The minimum absolute atomic E-state index is 0. The van der Waals surface area contributed by atoms with Crippen LogP contribution in [0.2, 0.25) is 0 Å². The fourth-order valence-electron chi connectivity index (χ4n) is 2.78. The van der Waals surface area contributed by atoms with Gasteiger partial charge in [-0.3, -0.25) is 0 Å². The van der Waals surface area contributed by atoms with Crippen LogP contribution in [0.5, 0.6) is 0 Å². The van der Waals surface area contributed by atoms with Crippen LogP contribution >= 0.6 is 0 Å². The van der Waals surface area contributed by atoms with E-state index in [1.165, 1.54) is 0 Å². The monoisotopic (exact) mass is 348 g/mol. The van der Waals surface area contributed by atoms with Gasteiger partial charge in [0, 0.05) is 55.3 Å². The van der Waals surface area contributed by atoms with Crippen molar-refractivity contribution >= 4 is 34.1 Å². The van der Waals surface area contributed by atoms with E-state index >= 15 is 0 Å². The average molecular weight is 348 g/mol. The lowest BCUT2D eigenvalue weighted by atomic mass is 10.1. The molecule has 0 unspecified atom stereocenters. The molecule has 0 aromatic heterocycles. The lowest BCUT2D eigenvalue weighted by molar-refractivity contribution is 1.28. The van der Waals surface area contributed by atoms with Crippen molar-refractivity contribution in [3.8, 4) is 0 Å². The molecule has 0 amide bonds. The van der Waals surface area contributed by atoms with E-state index in [0.717, 1.165) is 34.1 Å². The SMILES string of the molecule is C.CNc1ccc(N(c2ccc(NC)cc2)c2ccc(NC)cc2)cc1. The molecular formula is C22H28N4. The first-order chi connectivity index (χ1) is 12.2. The molecule has 0 atom stereocenters. The van der Waals surface area contributed by atoms with Crippen molar-refractivity contribution in [1.82, 2.24) is 0 Å². The van der Waals surface area contributed by atoms with Gasteiger partial charge in [-0.25, -0.2) is 0 Å². The molecule has 3 aromatic carbocycles. The molecule has 4 heteroatoms. The second-order valence-electron chi connectivity index (χ2n) is 5.73. The average Bonchev–Trinajstić information content (AvgIpc) is 2.70. The highest BCUT2D eigenvalue weighted by Gasteiger charge is 2.12. The van der Waals surface area contributed by atoms with Gasteiger partial charge in [0.2, 0.25) is 0 Å². The number of benzene rings is 3. The Morgan fingerprint density at radius 1 is 0.462 bits per heavy atom. The zero-order valence-corrected chi connectivity index (χ0v) is 14.9. The van der Waals surface area contributed by atoms with Crippen LogP contribution < -0.4 is 20.9 Å². The first-order valence-corrected chi connectivity index (χ1v) is 8.38. The molecule has 3 N–H and O–H groups in total. The van der Waals surface area contributed by atoms with Gasteiger partial charge in [-0.2, -0.15) is 0 Å². The minimum atomic E-state index is 0. The fourth-order valence-corrected chi connectivity index (χ4v) is 2.78. The quantitative estimate of drug-likeness (QED) is 0.517. The molecule has 0 heterocycles. The van der Waals surface area contributed by atoms with Gasteiger partial charge in [-0.05, 0) is 72.8 Å². The normalized spacial score (nSPS) is 9.81. The first kappa shape index (κ1) is 19.2. The molecule has 0 aliphatic rings. The fraction of sp³-hybridized carbons (Fsp3) is 0.182. The van der Waals surface area contributed by atoms with Crippen molar-refractivity contribution in [3.05, 3.63) is 72.8 Å². The van der Waals surface area contributed by atoms with Gasteiger partial charge in [0.1, 0.15) is 0 Å². The zero-order chi connectivity index (χ0) is 17.6. The summed E-state index contributed by atoms with van der Waals surface area (Å²) in [5.74, 6) is 0. The molecule has 0 radical (unpaired) electrons. The number of hydrogen-bond acceptors (Lipinski definition) is 4. The maximum atomic E-state index is 3.17. The van der Waals surface area contributed by atoms with E-state index in [9.17, 15) is 0 Å². The second-order valence-corrected chi connectivity index (χ2v) is 5.73. The first-order valence-electron chi connectivity index (χ1n) is 8.38. The summed E-state index contributed by atoms with van der Waals surface area (Å²) in [6.45, 7) is 0. The van der Waals surface area contributed by atoms with Crippen LogP contribution in [0, 0.1) is 0 Å². The molecule has 0 saturated carbocycles. The van der Waals surface area contributed by atoms with E-state index < -0.39 is 0 Å². The smallest absolute Gasteiger partial charge is 0.0463 e. The molecule has 4 nitrogen and oxygen atoms in total. The largest absolute Gasteiger partial charge is 0.388 e. The Hall–Kier alpha value is -3.14. The molecule has 136 valence electrons. The van der Waals surface area contributed by atoms with Crippen LogP contribution in [-0.2, 0) is 0 Å². The zero-order valence-electron chi connectivity index (χ0n) is 14.9. The minimum Gasteiger partial charge on any atom is -0.388 e. The molecule has 3 aromatic rings. The Kier molecular flexibility index (Phi) is 6.50. The van der Waals surface area contributed by atoms with Crippen molar-refractivity contribution in [2.75, 3.05) is 42.0 Å². The summed E-state index contributed by atoms with van der Waals surface area (Å²) in [5.41, 5.74) is 6.65. The van der Waals surface area contributed by atoms with Crippen LogP contribution in [0.15, 0.2) is 72.8 Å². The Bertz CT molecular complexity index is 680. The summed E-state index contributed by atoms with van der Waals surface area (Å²) in [7, 11) is 5.79. The highest BCUT2D eigenvalue weighted by atomic mass is 15.1. The van der Waals surface area contributed by atoms with Crippen molar-refractivity contribution < 1.29 is 0 Å². The molecule has 0 aliphatic carbocycles. The number of hydrogen-bond donors (Lipinski definition) is 3. The van der Waals surface area contributed by atoms with Crippen molar-refractivity contribution in [2.24, 2.45) is 0 Å². The van der Waals surface area contributed by atoms with Crippen molar-refractivity contribution in [2.45, 2.75) is 7.43 Å². The predicted octanol–water partition coefficient (Wildman–Crippen LogP) is 5.92. The van der Waals surface area contributed by atoms with Gasteiger partial charge in [0.05, 0.1) is 0 Å². The number of nitrogens with zero attached hydrogens (tertiary/aromatic N) is 1. The summed E-state index contributed by atoms with van der Waals surface area (Å²) < 4.78 is 0. The van der Waals surface area contributed by atoms with Crippen LogP contribution in [-0.4, -0.2) is 21.1 Å². The molecule has 0 spiro atoms. The summed E-state index contributed by atoms with van der Waals surface area (Å²) in [6.07, 6.45) is 0. The molecule has 0 saturated heterocycles. The molecule has 3 rings (SSSR count). The van der Waals surface area contributed by atoms with E-state index in [-0.39, 0.29) is 7.43 Å². The van der Waals surface area contributed by atoms with Gasteiger partial charge in [-0.15, -0.1) is 0 Å². The second kappa shape index (κ2) is 8.81. The molecule has 0 fully saturated rings. The van der Waals surface area contributed by atoms with Crippen LogP contribution in [0.4, 0.5) is 34.1 Å². The summed E-state index contributed by atoms with van der Waals surface area (Å²) >= 11 is 0. The summed E-state index contributed by atoms with van der Waals surface area (Å²) in [6, 6.07) is 25.3. The van der Waals surface area contributed by atoms with Crippen LogP contribution in [0.1, 0.15) is 7.43 Å². The maximum Gasteiger partial charge on any atom is 0.0463 e. The highest BCUT2D eigenvalue weighted by Crippen LogP contribution is 2.35. The van der Waals surface area contributed by atoms with Gasteiger partial charge >= 0.3 is 0 Å². The van der Waals surface area contributed by atoms with E-state index in [1.54, 1.807) is 0 Å². The maximum absolute atomic E-state index is 3.17. The van der Waals surface area contributed by atoms with Crippen LogP contribution in [0.25, 0.3) is 0 Å². The van der Waals surface area contributed by atoms with Crippen LogP contribution in [0.3, 0.4) is 0 Å². The molecule has 26 heavy (non-hydrogen) atoms. The van der Waals surface area contributed by atoms with E-state index in [2.05, 4.69) is 93.6 Å². The number of rotatable bonds is 6. The van der Waals surface area contributed by atoms with E-state index in [4.69, 9.17) is 0 Å². The number of nitrogens with one attached hydrogen (secondary N) is 3. The molecular weight excluding hydrogens is 320 g/mol. The van der Waals surface area contributed by atoms with E-state index in [0.29, 0.717) is 0 Å². The van der Waals surface area contributed by atoms with Crippen molar-refractivity contribution in [1.29, 1.82) is 0 Å². The predicted molar refractivity (Wildman–Crippen MR) is 116 cm³/mol. The summed E-state index contributed by atoms with van der Waals surface area (Å²) in [5, 5.41) is 9.50. The van der Waals surface area contributed by atoms with Crippen molar-refractivity contribution in [3.63, 3.8) is 0 Å². The third kappa shape index (κ3) is 4.09.